The lowest BCUT2D eigenvalue weighted by molar-refractivity contribution is -0.267. The van der Waals surface area contributed by atoms with Crippen LogP contribution in [0, 0.1) is 0 Å². The fraction of sp³-hybridized carbons (Fsp3) is 0.500. The van der Waals surface area contributed by atoms with E-state index in [0.29, 0.717) is 0 Å². The highest BCUT2D eigenvalue weighted by atomic mass is 16.6. The molecule has 0 aromatic heterocycles. The van der Waals surface area contributed by atoms with E-state index in [-0.39, 0.29) is 13.2 Å². The molecule has 0 spiro atoms. The highest BCUT2D eigenvalue weighted by Crippen LogP contribution is 2.18. The maximum Gasteiger partial charge on any atom is 0.183 e. The molecule has 1 fully saturated rings. The van der Waals surface area contributed by atoms with Crippen LogP contribution in [0.15, 0.2) is 30.3 Å². The summed E-state index contributed by atoms with van der Waals surface area (Å²) in [5.74, 6) is 0. The summed E-state index contributed by atoms with van der Waals surface area (Å²) >= 11 is 0. The number of aliphatic hydroxyl groups is 3. The lowest BCUT2D eigenvalue weighted by Crippen LogP contribution is -2.53. The zero-order valence-electron chi connectivity index (χ0n) is 9.27. The summed E-state index contributed by atoms with van der Waals surface area (Å²) in [6, 6.07) is 9.38. The molecule has 2 rings (SSSR count). The molecule has 1 aliphatic rings. The van der Waals surface area contributed by atoms with E-state index >= 15 is 0 Å². The van der Waals surface area contributed by atoms with E-state index in [0.717, 1.165) is 5.56 Å². The predicted octanol–water partition coefficient (Wildman–Crippen LogP) is -0.358. The molecule has 94 valence electrons. The van der Waals surface area contributed by atoms with Gasteiger partial charge in [0.1, 0.15) is 18.3 Å². The maximum absolute atomic E-state index is 9.67. The second-order valence-electron chi connectivity index (χ2n) is 4.04. The molecule has 1 saturated heterocycles. The average Bonchev–Trinajstić information content (AvgIpc) is 2.35. The van der Waals surface area contributed by atoms with Gasteiger partial charge in [-0.25, -0.2) is 0 Å². The van der Waals surface area contributed by atoms with E-state index in [9.17, 15) is 15.3 Å². The standard InChI is InChI=1S/C12H16O5/c13-9-7-17-12(15)11(10(9)14)16-6-8-4-2-1-3-5-8/h1-5,9-15H,6-7H2. The third kappa shape index (κ3) is 3.02. The van der Waals surface area contributed by atoms with Crippen molar-refractivity contribution in [2.24, 2.45) is 0 Å². The minimum Gasteiger partial charge on any atom is -0.388 e. The summed E-state index contributed by atoms with van der Waals surface area (Å²) in [6.45, 7) is 0.156. The quantitative estimate of drug-likeness (QED) is 0.672. The van der Waals surface area contributed by atoms with Crippen LogP contribution in [0.2, 0.25) is 0 Å². The van der Waals surface area contributed by atoms with Gasteiger partial charge in [-0.15, -0.1) is 0 Å². The van der Waals surface area contributed by atoms with Crippen molar-refractivity contribution in [2.75, 3.05) is 6.61 Å². The van der Waals surface area contributed by atoms with Crippen LogP contribution >= 0.6 is 0 Å². The van der Waals surface area contributed by atoms with Gasteiger partial charge in [-0.2, -0.15) is 0 Å². The molecule has 1 aliphatic heterocycles. The van der Waals surface area contributed by atoms with Crippen LogP contribution in [0.1, 0.15) is 5.56 Å². The van der Waals surface area contributed by atoms with E-state index in [1.165, 1.54) is 0 Å². The molecular weight excluding hydrogens is 224 g/mol. The second-order valence-corrected chi connectivity index (χ2v) is 4.04. The van der Waals surface area contributed by atoms with Crippen LogP contribution in [0.5, 0.6) is 0 Å². The van der Waals surface area contributed by atoms with Crippen LogP contribution in [0.4, 0.5) is 0 Å². The lowest BCUT2D eigenvalue weighted by Gasteiger charge is -2.35. The first-order valence-electron chi connectivity index (χ1n) is 5.50. The average molecular weight is 240 g/mol. The van der Waals surface area contributed by atoms with Crippen molar-refractivity contribution in [3.05, 3.63) is 35.9 Å². The van der Waals surface area contributed by atoms with Crippen LogP contribution in [0.3, 0.4) is 0 Å². The van der Waals surface area contributed by atoms with Crippen molar-refractivity contribution in [1.29, 1.82) is 0 Å². The van der Waals surface area contributed by atoms with Crippen molar-refractivity contribution in [3.8, 4) is 0 Å². The smallest absolute Gasteiger partial charge is 0.183 e. The Morgan fingerprint density at radius 3 is 2.59 bits per heavy atom. The van der Waals surface area contributed by atoms with Crippen LogP contribution in [0.25, 0.3) is 0 Å². The largest absolute Gasteiger partial charge is 0.388 e. The fourth-order valence-corrected chi connectivity index (χ4v) is 1.73. The summed E-state index contributed by atoms with van der Waals surface area (Å²) in [7, 11) is 0. The zero-order chi connectivity index (χ0) is 12.3. The Morgan fingerprint density at radius 1 is 1.18 bits per heavy atom. The van der Waals surface area contributed by atoms with E-state index < -0.39 is 24.6 Å². The fourth-order valence-electron chi connectivity index (χ4n) is 1.73. The van der Waals surface area contributed by atoms with Gasteiger partial charge in [0.25, 0.3) is 0 Å². The Kier molecular flexibility index (Phi) is 4.09. The number of ether oxygens (including phenoxy) is 2. The lowest BCUT2D eigenvalue weighted by atomic mass is 10.1. The molecule has 0 amide bonds. The van der Waals surface area contributed by atoms with Crippen molar-refractivity contribution < 1.29 is 24.8 Å². The first-order valence-corrected chi connectivity index (χ1v) is 5.50. The number of hydrogen-bond donors (Lipinski definition) is 3. The van der Waals surface area contributed by atoms with Gasteiger partial charge in [-0.1, -0.05) is 30.3 Å². The minimum absolute atomic E-state index is 0.0898. The summed E-state index contributed by atoms with van der Waals surface area (Å²) in [5.41, 5.74) is 0.923. The number of hydrogen-bond acceptors (Lipinski definition) is 5. The summed E-state index contributed by atoms with van der Waals surface area (Å²) < 4.78 is 10.3. The summed E-state index contributed by atoms with van der Waals surface area (Å²) in [5, 5.41) is 28.6. The van der Waals surface area contributed by atoms with Gasteiger partial charge in [0.15, 0.2) is 6.29 Å². The number of rotatable bonds is 3. The SMILES string of the molecule is OC1COC(O)C(OCc2ccccc2)C1O. The Balaban J connectivity index is 1.93. The molecule has 3 N–H and O–H groups in total. The van der Waals surface area contributed by atoms with Crippen LogP contribution in [-0.4, -0.2) is 46.5 Å². The van der Waals surface area contributed by atoms with Crippen LogP contribution in [-0.2, 0) is 16.1 Å². The van der Waals surface area contributed by atoms with E-state index in [4.69, 9.17) is 9.47 Å². The van der Waals surface area contributed by atoms with Crippen molar-refractivity contribution in [3.63, 3.8) is 0 Å². The van der Waals surface area contributed by atoms with Crippen molar-refractivity contribution >= 4 is 0 Å². The molecule has 4 unspecified atom stereocenters. The molecule has 5 heteroatoms. The first-order chi connectivity index (χ1) is 8.18. The third-order valence-corrected chi connectivity index (χ3v) is 2.73. The molecule has 1 aromatic rings. The summed E-state index contributed by atoms with van der Waals surface area (Å²) in [4.78, 5) is 0. The molecule has 0 radical (unpaired) electrons. The topological polar surface area (TPSA) is 79.2 Å². The van der Waals surface area contributed by atoms with Gasteiger partial charge >= 0.3 is 0 Å². The normalized spacial score (nSPS) is 33.6. The molecule has 0 bridgehead atoms. The highest BCUT2D eigenvalue weighted by Gasteiger charge is 2.38. The van der Waals surface area contributed by atoms with Gasteiger partial charge in [0.2, 0.25) is 0 Å². The molecule has 4 atom stereocenters. The van der Waals surface area contributed by atoms with E-state index in [1.54, 1.807) is 0 Å². The Labute approximate surface area is 99.2 Å². The van der Waals surface area contributed by atoms with Gasteiger partial charge in [-0.3, -0.25) is 0 Å². The van der Waals surface area contributed by atoms with Gasteiger partial charge in [0.05, 0.1) is 13.2 Å². The number of benzene rings is 1. The van der Waals surface area contributed by atoms with Crippen molar-refractivity contribution in [2.45, 2.75) is 31.2 Å². The molecule has 17 heavy (non-hydrogen) atoms. The highest BCUT2D eigenvalue weighted by molar-refractivity contribution is 5.13. The maximum atomic E-state index is 9.67. The monoisotopic (exact) mass is 240 g/mol. The second kappa shape index (κ2) is 5.57. The molecule has 1 heterocycles. The molecule has 1 aromatic carbocycles. The first kappa shape index (κ1) is 12.5. The molecular formula is C12H16O5. The third-order valence-electron chi connectivity index (χ3n) is 2.73. The Hall–Kier alpha value is -0.980. The summed E-state index contributed by atoms with van der Waals surface area (Å²) in [6.07, 6.45) is -4.31. The molecule has 0 aliphatic carbocycles. The number of aliphatic hydroxyl groups excluding tert-OH is 3. The van der Waals surface area contributed by atoms with Gasteiger partial charge < -0.3 is 24.8 Å². The zero-order valence-corrected chi connectivity index (χ0v) is 9.27. The van der Waals surface area contributed by atoms with Gasteiger partial charge in [-0.05, 0) is 5.56 Å². The van der Waals surface area contributed by atoms with E-state index in [2.05, 4.69) is 0 Å². The van der Waals surface area contributed by atoms with Crippen molar-refractivity contribution in [1.82, 2.24) is 0 Å². The predicted molar refractivity (Wildman–Crippen MR) is 59.0 cm³/mol. The Morgan fingerprint density at radius 2 is 1.88 bits per heavy atom. The molecule has 5 nitrogen and oxygen atoms in total. The Bertz CT molecular complexity index is 342. The minimum atomic E-state index is -1.21. The van der Waals surface area contributed by atoms with Crippen LogP contribution < -0.4 is 0 Å². The van der Waals surface area contributed by atoms with E-state index in [1.807, 2.05) is 30.3 Å². The van der Waals surface area contributed by atoms with Gasteiger partial charge in [0, 0.05) is 0 Å². The molecule has 0 saturated carbocycles.